The van der Waals surface area contributed by atoms with E-state index in [1.54, 1.807) is 9.47 Å². The molecule has 1 aromatic heterocycles. The standard InChI is InChI=1S/C25H33N5O3S2/c1-4-5-8-29-22(28-11-9-27(3)10-12-28)19(17(2)20(15-26)23(29)31)14-21-24(32)30(25(34)35-21)16-18-7-6-13-33-18/h14,18H,4-13,16H2,1-3H3/b21-14-. The van der Waals surface area contributed by atoms with Crippen LogP contribution in [0.5, 0.6) is 0 Å². The van der Waals surface area contributed by atoms with Crippen LogP contribution in [-0.4, -0.2) is 77.1 Å². The van der Waals surface area contributed by atoms with Crippen molar-refractivity contribution in [2.45, 2.75) is 52.2 Å². The predicted molar refractivity (Wildman–Crippen MR) is 144 cm³/mol. The fraction of sp³-hybridized carbons (Fsp3) is 0.600. The molecule has 0 bridgehead atoms. The molecule has 3 aliphatic rings. The third kappa shape index (κ3) is 5.33. The maximum absolute atomic E-state index is 13.4. The Labute approximate surface area is 216 Å². The molecule has 10 heteroatoms. The lowest BCUT2D eigenvalue weighted by atomic mass is 10.0. The molecule has 0 saturated carbocycles. The van der Waals surface area contributed by atoms with Gasteiger partial charge >= 0.3 is 0 Å². The number of nitrogens with zero attached hydrogens (tertiary/aromatic N) is 5. The van der Waals surface area contributed by atoms with Gasteiger partial charge in [0.1, 0.15) is 21.8 Å². The lowest BCUT2D eigenvalue weighted by Gasteiger charge is -2.36. The molecule has 0 aromatic carbocycles. The summed E-state index contributed by atoms with van der Waals surface area (Å²) in [6, 6.07) is 2.13. The van der Waals surface area contributed by atoms with Crippen molar-refractivity contribution in [2.75, 3.05) is 51.3 Å². The Morgan fingerprint density at radius 1 is 1.26 bits per heavy atom. The molecule has 1 aromatic rings. The van der Waals surface area contributed by atoms with Crippen molar-refractivity contribution in [2.24, 2.45) is 0 Å². The third-order valence-corrected chi connectivity index (χ3v) is 8.32. The summed E-state index contributed by atoms with van der Waals surface area (Å²) in [5.41, 5.74) is 1.26. The second-order valence-corrected chi connectivity index (χ2v) is 11.1. The number of thioether (sulfide) groups is 1. The molecule has 4 rings (SSSR count). The van der Waals surface area contributed by atoms with Gasteiger partial charge in [-0.2, -0.15) is 5.26 Å². The molecule has 0 aliphatic carbocycles. The van der Waals surface area contributed by atoms with Crippen LogP contribution in [0.4, 0.5) is 5.82 Å². The molecule has 3 fully saturated rings. The van der Waals surface area contributed by atoms with E-state index in [2.05, 4.69) is 29.8 Å². The zero-order valence-electron chi connectivity index (χ0n) is 20.7. The second-order valence-electron chi connectivity index (χ2n) is 9.38. The highest BCUT2D eigenvalue weighted by molar-refractivity contribution is 8.26. The first kappa shape index (κ1) is 25.9. The second kappa shape index (κ2) is 11.2. The number of rotatable bonds is 7. The molecule has 1 unspecified atom stereocenters. The third-order valence-electron chi connectivity index (χ3n) is 6.94. The number of carbonyl (C=O) groups excluding carboxylic acids is 1. The van der Waals surface area contributed by atoms with E-state index in [-0.39, 0.29) is 23.1 Å². The van der Waals surface area contributed by atoms with Gasteiger partial charge in [-0.15, -0.1) is 0 Å². The Kier molecular flexibility index (Phi) is 8.32. The maximum Gasteiger partial charge on any atom is 0.270 e. The molecule has 0 spiro atoms. The Morgan fingerprint density at radius 2 is 2.00 bits per heavy atom. The summed E-state index contributed by atoms with van der Waals surface area (Å²) in [6.45, 7) is 8.91. The van der Waals surface area contributed by atoms with Gasteiger partial charge in [0.15, 0.2) is 0 Å². The smallest absolute Gasteiger partial charge is 0.270 e. The number of hydrogen-bond acceptors (Lipinski definition) is 8. The zero-order valence-corrected chi connectivity index (χ0v) is 22.3. The SMILES string of the molecule is CCCCn1c(N2CCN(C)CC2)c(/C=C2\SC(=S)N(CC3CCCO3)C2=O)c(C)c(C#N)c1=O. The molecule has 4 heterocycles. The number of unbranched alkanes of at least 4 members (excludes halogenated alkanes) is 1. The first-order valence-corrected chi connectivity index (χ1v) is 13.6. The molecule has 3 aliphatic heterocycles. The summed E-state index contributed by atoms with van der Waals surface area (Å²) in [6.07, 6.45) is 5.55. The van der Waals surface area contributed by atoms with Crippen molar-refractivity contribution < 1.29 is 9.53 Å². The number of nitriles is 1. The summed E-state index contributed by atoms with van der Waals surface area (Å²) >= 11 is 6.83. The van der Waals surface area contributed by atoms with Crippen LogP contribution in [0.15, 0.2) is 9.70 Å². The monoisotopic (exact) mass is 515 g/mol. The van der Waals surface area contributed by atoms with Crippen LogP contribution >= 0.6 is 24.0 Å². The Hall–Kier alpha value is -2.19. The molecule has 35 heavy (non-hydrogen) atoms. The van der Waals surface area contributed by atoms with E-state index in [0.29, 0.717) is 27.9 Å². The van der Waals surface area contributed by atoms with Crippen LogP contribution in [0.3, 0.4) is 0 Å². The van der Waals surface area contributed by atoms with Gasteiger partial charge < -0.3 is 14.5 Å². The van der Waals surface area contributed by atoms with Crippen LogP contribution in [0.25, 0.3) is 6.08 Å². The van der Waals surface area contributed by atoms with E-state index >= 15 is 0 Å². The van der Waals surface area contributed by atoms with E-state index in [4.69, 9.17) is 17.0 Å². The first-order valence-electron chi connectivity index (χ1n) is 12.3. The predicted octanol–water partition coefficient (Wildman–Crippen LogP) is 2.96. The summed E-state index contributed by atoms with van der Waals surface area (Å²) < 4.78 is 7.99. The number of pyridine rings is 1. The topological polar surface area (TPSA) is 81.8 Å². The summed E-state index contributed by atoms with van der Waals surface area (Å²) in [5.74, 6) is 0.668. The number of carbonyl (C=O) groups is 1. The summed E-state index contributed by atoms with van der Waals surface area (Å²) in [7, 11) is 2.09. The number of piperazine rings is 1. The molecule has 1 atom stereocenters. The normalized spacial score (nSPS) is 22.5. The zero-order chi connectivity index (χ0) is 25.1. The van der Waals surface area contributed by atoms with E-state index in [9.17, 15) is 14.9 Å². The molecular weight excluding hydrogens is 482 g/mol. The number of ether oxygens (including phenoxy) is 1. The lowest BCUT2D eigenvalue weighted by molar-refractivity contribution is -0.123. The highest BCUT2D eigenvalue weighted by atomic mass is 32.2. The minimum Gasteiger partial charge on any atom is -0.376 e. The fourth-order valence-electron chi connectivity index (χ4n) is 4.81. The van der Waals surface area contributed by atoms with E-state index < -0.39 is 0 Å². The average Bonchev–Trinajstić information content (AvgIpc) is 3.45. The van der Waals surface area contributed by atoms with Crippen molar-refractivity contribution in [3.63, 3.8) is 0 Å². The Morgan fingerprint density at radius 3 is 2.63 bits per heavy atom. The lowest BCUT2D eigenvalue weighted by Crippen LogP contribution is -2.47. The molecule has 1 amide bonds. The largest absolute Gasteiger partial charge is 0.376 e. The van der Waals surface area contributed by atoms with Crippen molar-refractivity contribution in [1.82, 2.24) is 14.4 Å². The highest BCUT2D eigenvalue weighted by Gasteiger charge is 2.35. The van der Waals surface area contributed by atoms with Crippen LogP contribution in [-0.2, 0) is 16.1 Å². The fourth-order valence-corrected chi connectivity index (χ4v) is 6.06. The maximum atomic E-state index is 13.4. The number of likely N-dealkylation sites (N-methyl/N-ethyl adjacent to an activating group) is 1. The van der Waals surface area contributed by atoms with Gasteiger partial charge in [0, 0.05) is 44.9 Å². The van der Waals surface area contributed by atoms with Crippen molar-refractivity contribution in [3.05, 3.63) is 31.9 Å². The van der Waals surface area contributed by atoms with Gasteiger partial charge in [-0.05, 0) is 44.9 Å². The number of thiocarbonyl (C=S) groups is 1. The van der Waals surface area contributed by atoms with E-state index in [1.165, 1.54) is 11.8 Å². The van der Waals surface area contributed by atoms with Crippen molar-refractivity contribution >= 4 is 46.1 Å². The molecule has 0 N–H and O–H groups in total. The Balaban J connectivity index is 1.80. The van der Waals surface area contributed by atoms with Crippen LogP contribution in [0.2, 0.25) is 0 Å². The molecule has 188 valence electrons. The van der Waals surface area contributed by atoms with Gasteiger partial charge in [0.05, 0.1) is 17.6 Å². The minimum atomic E-state index is -0.254. The van der Waals surface area contributed by atoms with Gasteiger partial charge in [-0.3, -0.25) is 19.1 Å². The van der Waals surface area contributed by atoms with Crippen LogP contribution in [0, 0.1) is 18.3 Å². The molecule has 0 radical (unpaired) electrons. The van der Waals surface area contributed by atoms with Gasteiger partial charge in [0.25, 0.3) is 11.5 Å². The molecule has 3 saturated heterocycles. The van der Waals surface area contributed by atoms with Gasteiger partial charge in [-0.1, -0.05) is 37.3 Å². The number of amides is 1. The van der Waals surface area contributed by atoms with Crippen molar-refractivity contribution in [3.8, 4) is 6.07 Å². The minimum absolute atomic E-state index is 0.0145. The quantitative estimate of drug-likeness (QED) is 0.405. The molecular formula is C25H33N5O3S2. The van der Waals surface area contributed by atoms with E-state index in [1.807, 2.05) is 13.0 Å². The summed E-state index contributed by atoms with van der Waals surface area (Å²) in [5, 5.41) is 9.85. The van der Waals surface area contributed by atoms with E-state index in [0.717, 1.165) is 69.9 Å². The Bertz CT molecular complexity index is 1130. The van der Waals surface area contributed by atoms with Gasteiger partial charge in [-0.25, -0.2) is 0 Å². The average molecular weight is 516 g/mol. The number of anilines is 1. The van der Waals surface area contributed by atoms with Crippen molar-refractivity contribution in [1.29, 1.82) is 5.26 Å². The number of hydrogen-bond donors (Lipinski definition) is 0. The van der Waals surface area contributed by atoms with Crippen LogP contribution < -0.4 is 10.5 Å². The first-order chi connectivity index (χ1) is 16.8. The summed E-state index contributed by atoms with van der Waals surface area (Å²) in [4.78, 5) is 33.4. The van der Waals surface area contributed by atoms with Gasteiger partial charge in [0.2, 0.25) is 0 Å². The highest BCUT2D eigenvalue weighted by Crippen LogP contribution is 2.36. The molecule has 8 nitrogen and oxygen atoms in total. The van der Waals surface area contributed by atoms with Crippen LogP contribution in [0.1, 0.15) is 49.3 Å². The number of aromatic nitrogens is 1.